The summed E-state index contributed by atoms with van der Waals surface area (Å²) in [5, 5.41) is 0. The van der Waals surface area contributed by atoms with Crippen LogP contribution in [0.1, 0.15) is 13.8 Å². The highest BCUT2D eigenvalue weighted by Gasteiger charge is 2.08. The van der Waals surface area contributed by atoms with E-state index in [1.54, 1.807) is 7.11 Å². The molecule has 0 aliphatic rings. The maximum atomic E-state index is 5.70. The van der Waals surface area contributed by atoms with E-state index >= 15 is 0 Å². The van der Waals surface area contributed by atoms with Gasteiger partial charge < -0.3 is 15.2 Å². The fourth-order valence-electron chi connectivity index (χ4n) is 0.996. The van der Waals surface area contributed by atoms with Crippen molar-refractivity contribution in [3.05, 3.63) is 24.3 Å². The predicted molar refractivity (Wildman–Crippen MR) is 56.7 cm³/mol. The third kappa shape index (κ3) is 2.92. The number of methoxy groups -OCH3 is 1. The van der Waals surface area contributed by atoms with Crippen LogP contribution in [0, 0.1) is 0 Å². The number of nitrogens with two attached hydrogens (primary N) is 1. The van der Waals surface area contributed by atoms with Crippen LogP contribution in [0.25, 0.3) is 0 Å². The number of rotatable bonds is 4. The van der Waals surface area contributed by atoms with Gasteiger partial charge in [-0.2, -0.15) is 0 Å². The van der Waals surface area contributed by atoms with Gasteiger partial charge in [-0.1, -0.05) is 6.07 Å². The quantitative estimate of drug-likeness (QED) is 0.796. The molecule has 0 amide bonds. The van der Waals surface area contributed by atoms with Gasteiger partial charge >= 0.3 is 0 Å². The zero-order valence-corrected chi connectivity index (χ0v) is 8.86. The maximum absolute atomic E-state index is 5.70. The third-order valence-electron chi connectivity index (χ3n) is 2.10. The van der Waals surface area contributed by atoms with Crippen LogP contribution in [0.15, 0.2) is 24.3 Å². The smallest absolute Gasteiger partial charge is 0.123 e. The number of hydrogen-bond donors (Lipinski definition) is 1. The molecule has 0 saturated heterocycles. The van der Waals surface area contributed by atoms with E-state index in [9.17, 15) is 0 Å². The minimum atomic E-state index is 0.00195. The van der Waals surface area contributed by atoms with Crippen LogP contribution in [0.2, 0.25) is 0 Å². The van der Waals surface area contributed by atoms with Gasteiger partial charge in [0.25, 0.3) is 0 Å². The summed E-state index contributed by atoms with van der Waals surface area (Å²) in [6.07, 6.45) is 0.00195. The summed E-state index contributed by atoms with van der Waals surface area (Å²) in [7, 11) is 1.63. The largest absolute Gasteiger partial charge is 0.497 e. The third-order valence-corrected chi connectivity index (χ3v) is 2.10. The van der Waals surface area contributed by atoms with E-state index in [1.807, 2.05) is 38.1 Å². The summed E-state index contributed by atoms with van der Waals surface area (Å²) in [4.78, 5) is 0. The Morgan fingerprint density at radius 3 is 2.43 bits per heavy atom. The van der Waals surface area contributed by atoms with Crippen molar-refractivity contribution in [2.75, 3.05) is 7.11 Å². The topological polar surface area (TPSA) is 44.5 Å². The number of hydrogen-bond acceptors (Lipinski definition) is 3. The van der Waals surface area contributed by atoms with E-state index in [2.05, 4.69) is 0 Å². The van der Waals surface area contributed by atoms with Gasteiger partial charge in [-0.05, 0) is 26.0 Å². The van der Waals surface area contributed by atoms with Gasteiger partial charge in [-0.25, -0.2) is 0 Å². The van der Waals surface area contributed by atoms with Crippen molar-refractivity contribution in [1.29, 1.82) is 0 Å². The molecule has 0 spiro atoms. The summed E-state index contributed by atoms with van der Waals surface area (Å²) in [5.41, 5.74) is 5.70. The summed E-state index contributed by atoms with van der Waals surface area (Å²) in [6, 6.07) is 7.52. The van der Waals surface area contributed by atoms with Gasteiger partial charge in [0.05, 0.1) is 7.11 Å². The first-order chi connectivity index (χ1) is 6.63. The average molecular weight is 195 g/mol. The lowest BCUT2D eigenvalue weighted by Crippen LogP contribution is -2.33. The van der Waals surface area contributed by atoms with Crippen molar-refractivity contribution in [1.82, 2.24) is 0 Å². The molecule has 14 heavy (non-hydrogen) atoms. The predicted octanol–water partition coefficient (Wildman–Crippen LogP) is 1.81. The van der Waals surface area contributed by atoms with Crippen LogP contribution < -0.4 is 15.2 Å². The Hall–Kier alpha value is -1.22. The monoisotopic (exact) mass is 195 g/mol. The summed E-state index contributed by atoms with van der Waals surface area (Å²) >= 11 is 0. The lowest BCUT2D eigenvalue weighted by molar-refractivity contribution is 0.196. The lowest BCUT2D eigenvalue weighted by Gasteiger charge is -2.18. The van der Waals surface area contributed by atoms with Gasteiger partial charge in [0.2, 0.25) is 0 Å². The maximum Gasteiger partial charge on any atom is 0.123 e. The van der Waals surface area contributed by atoms with Crippen molar-refractivity contribution in [3.8, 4) is 11.5 Å². The second-order valence-corrected chi connectivity index (χ2v) is 3.36. The number of ether oxygens (including phenoxy) is 2. The molecule has 0 radical (unpaired) electrons. The lowest BCUT2D eigenvalue weighted by atomic mass is 10.2. The minimum absolute atomic E-state index is 0.00195. The van der Waals surface area contributed by atoms with E-state index in [0.717, 1.165) is 11.5 Å². The Labute approximate surface area is 84.8 Å². The van der Waals surface area contributed by atoms with Crippen molar-refractivity contribution in [2.45, 2.75) is 26.0 Å². The highest BCUT2D eigenvalue weighted by molar-refractivity contribution is 5.32. The zero-order chi connectivity index (χ0) is 10.6. The van der Waals surface area contributed by atoms with Crippen molar-refractivity contribution >= 4 is 0 Å². The molecule has 1 aromatic rings. The average Bonchev–Trinajstić information content (AvgIpc) is 2.18. The molecule has 3 heteroatoms. The van der Waals surface area contributed by atoms with Crippen molar-refractivity contribution < 1.29 is 9.47 Å². The molecular formula is C11H17NO2. The zero-order valence-electron chi connectivity index (χ0n) is 8.86. The SMILES string of the molecule is COc1cccc(OC(C)[C@@H](C)N)c1. The Balaban J connectivity index is 2.66. The minimum Gasteiger partial charge on any atom is -0.497 e. The van der Waals surface area contributed by atoms with E-state index in [-0.39, 0.29) is 12.1 Å². The van der Waals surface area contributed by atoms with Gasteiger partial charge in [-0.3, -0.25) is 0 Å². The number of benzene rings is 1. The molecule has 2 N–H and O–H groups in total. The van der Waals surface area contributed by atoms with Crippen LogP contribution in [-0.4, -0.2) is 19.3 Å². The van der Waals surface area contributed by atoms with E-state index in [4.69, 9.17) is 15.2 Å². The molecule has 1 aromatic carbocycles. The van der Waals surface area contributed by atoms with Gasteiger partial charge in [0, 0.05) is 12.1 Å². The van der Waals surface area contributed by atoms with E-state index in [1.165, 1.54) is 0 Å². The first-order valence-electron chi connectivity index (χ1n) is 4.69. The van der Waals surface area contributed by atoms with Crippen LogP contribution in [-0.2, 0) is 0 Å². The van der Waals surface area contributed by atoms with Gasteiger partial charge in [0.15, 0.2) is 0 Å². The second-order valence-electron chi connectivity index (χ2n) is 3.36. The van der Waals surface area contributed by atoms with Crippen LogP contribution in [0.5, 0.6) is 11.5 Å². The van der Waals surface area contributed by atoms with Crippen LogP contribution in [0.3, 0.4) is 0 Å². The molecule has 3 nitrogen and oxygen atoms in total. The Morgan fingerprint density at radius 2 is 1.86 bits per heavy atom. The second kappa shape index (κ2) is 4.86. The molecule has 2 atom stereocenters. The first kappa shape index (κ1) is 10.9. The highest BCUT2D eigenvalue weighted by atomic mass is 16.5. The normalized spacial score (nSPS) is 14.6. The van der Waals surface area contributed by atoms with Crippen molar-refractivity contribution in [3.63, 3.8) is 0 Å². The molecule has 0 aromatic heterocycles. The molecule has 0 bridgehead atoms. The molecule has 78 valence electrons. The Kier molecular flexibility index (Phi) is 3.77. The fourth-order valence-corrected chi connectivity index (χ4v) is 0.996. The molecule has 0 saturated carbocycles. The van der Waals surface area contributed by atoms with E-state index < -0.39 is 0 Å². The van der Waals surface area contributed by atoms with Gasteiger partial charge in [-0.15, -0.1) is 0 Å². The molecule has 0 aliphatic heterocycles. The van der Waals surface area contributed by atoms with Crippen molar-refractivity contribution in [2.24, 2.45) is 5.73 Å². The molecule has 0 fully saturated rings. The highest BCUT2D eigenvalue weighted by Crippen LogP contribution is 2.20. The van der Waals surface area contributed by atoms with Crippen LogP contribution >= 0.6 is 0 Å². The molecule has 0 aliphatic carbocycles. The summed E-state index contributed by atoms with van der Waals surface area (Å²) in [6.45, 7) is 3.87. The summed E-state index contributed by atoms with van der Waals surface area (Å²) < 4.78 is 10.7. The fraction of sp³-hybridized carbons (Fsp3) is 0.455. The summed E-state index contributed by atoms with van der Waals surface area (Å²) in [5.74, 6) is 1.58. The molecular weight excluding hydrogens is 178 g/mol. The first-order valence-corrected chi connectivity index (χ1v) is 4.69. The Bertz CT molecular complexity index is 286. The van der Waals surface area contributed by atoms with Crippen LogP contribution in [0.4, 0.5) is 0 Å². The Morgan fingerprint density at radius 1 is 1.21 bits per heavy atom. The van der Waals surface area contributed by atoms with E-state index in [0.29, 0.717) is 0 Å². The van der Waals surface area contributed by atoms with Gasteiger partial charge in [0.1, 0.15) is 17.6 Å². The standard InChI is InChI=1S/C11H17NO2/c1-8(12)9(2)14-11-6-4-5-10(7-11)13-3/h4-9H,12H2,1-3H3/t8-,9?/m1/s1. The molecule has 1 rings (SSSR count). The molecule has 1 unspecified atom stereocenters. The molecule has 0 heterocycles.